The molecule has 1 aliphatic rings. The largest absolute Gasteiger partial charge is 0.462 e. The highest BCUT2D eigenvalue weighted by molar-refractivity contribution is 6.30. The summed E-state index contributed by atoms with van der Waals surface area (Å²) in [4.78, 5) is 4.03. The summed E-state index contributed by atoms with van der Waals surface area (Å²) in [5, 5.41) is -0.0644. The lowest BCUT2D eigenvalue weighted by molar-refractivity contribution is 0.0494. The van der Waals surface area contributed by atoms with Crippen molar-refractivity contribution in [1.82, 2.24) is 0 Å². The quantitative estimate of drug-likeness (QED) is 0.909. The molecule has 0 aromatic heterocycles. The lowest BCUT2D eigenvalue weighted by Gasteiger charge is -2.40. The zero-order valence-electron chi connectivity index (χ0n) is 10.7. The summed E-state index contributed by atoms with van der Waals surface area (Å²) in [5.41, 5.74) is 4.28. The van der Waals surface area contributed by atoms with Gasteiger partial charge in [0.1, 0.15) is 24.1 Å². The molecular formula is C13H15ClF2N2O. The first-order valence-electron chi connectivity index (χ1n) is 5.95. The minimum atomic E-state index is -1.39. The average Bonchev–Trinajstić information content (AvgIpc) is 2.37. The first-order chi connectivity index (χ1) is 8.92. The van der Waals surface area contributed by atoms with Crippen LogP contribution in [0.1, 0.15) is 19.4 Å². The zero-order valence-corrected chi connectivity index (χ0v) is 11.4. The van der Waals surface area contributed by atoms with E-state index < -0.39 is 18.0 Å². The summed E-state index contributed by atoms with van der Waals surface area (Å²) in [6, 6.07) is 4.32. The number of amidine groups is 1. The Morgan fingerprint density at radius 2 is 2.16 bits per heavy atom. The van der Waals surface area contributed by atoms with Crippen LogP contribution >= 0.6 is 11.6 Å². The van der Waals surface area contributed by atoms with Gasteiger partial charge in [-0.15, -0.1) is 0 Å². The molecule has 0 unspecified atom stereocenters. The number of hydrogen-bond donors (Lipinski definition) is 1. The van der Waals surface area contributed by atoms with E-state index in [1.165, 1.54) is 12.1 Å². The minimum absolute atomic E-state index is 0.0644. The Hall–Kier alpha value is -1.36. The monoisotopic (exact) mass is 288 g/mol. The van der Waals surface area contributed by atoms with Crippen LogP contribution in [0.25, 0.3) is 0 Å². The second-order valence-corrected chi connectivity index (χ2v) is 5.13. The van der Waals surface area contributed by atoms with Gasteiger partial charge in [-0.3, -0.25) is 0 Å². The van der Waals surface area contributed by atoms with Crippen molar-refractivity contribution in [2.24, 2.45) is 16.6 Å². The number of hydrogen-bond acceptors (Lipinski definition) is 3. The Balaban J connectivity index is 2.65. The lowest BCUT2D eigenvalue weighted by Crippen LogP contribution is -2.48. The highest BCUT2D eigenvalue weighted by Crippen LogP contribution is 2.42. The van der Waals surface area contributed by atoms with Crippen LogP contribution in [0, 0.1) is 11.7 Å². The average molecular weight is 289 g/mol. The van der Waals surface area contributed by atoms with Crippen molar-refractivity contribution in [3.63, 3.8) is 0 Å². The van der Waals surface area contributed by atoms with Crippen LogP contribution in [0.15, 0.2) is 23.2 Å². The molecule has 3 atom stereocenters. The maximum absolute atomic E-state index is 14.2. The first-order valence-corrected chi connectivity index (χ1v) is 6.32. The highest BCUT2D eigenvalue weighted by Gasteiger charge is 2.47. The molecule has 1 aromatic carbocycles. The topological polar surface area (TPSA) is 47.6 Å². The molecule has 0 radical (unpaired) electrons. The summed E-state index contributed by atoms with van der Waals surface area (Å²) in [5.74, 6) is -1.04. The molecule has 2 rings (SSSR count). The number of benzene rings is 1. The summed E-state index contributed by atoms with van der Waals surface area (Å²) in [7, 11) is 0. The van der Waals surface area contributed by atoms with E-state index in [0.717, 1.165) is 0 Å². The molecule has 1 aromatic rings. The van der Waals surface area contributed by atoms with Crippen molar-refractivity contribution in [2.45, 2.75) is 25.5 Å². The summed E-state index contributed by atoms with van der Waals surface area (Å²) in [6.07, 6.45) is -0.369. The lowest BCUT2D eigenvalue weighted by atomic mass is 9.77. The van der Waals surface area contributed by atoms with Gasteiger partial charge in [-0.1, -0.05) is 30.7 Å². The predicted octanol–water partition coefficient (Wildman–Crippen LogP) is 3.01. The second kappa shape index (κ2) is 4.96. The fourth-order valence-electron chi connectivity index (χ4n) is 2.37. The molecule has 6 heteroatoms. The van der Waals surface area contributed by atoms with Gasteiger partial charge in [0.2, 0.25) is 0 Å². The van der Waals surface area contributed by atoms with Crippen molar-refractivity contribution < 1.29 is 13.5 Å². The third-order valence-electron chi connectivity index (χ3n) is 3.70. The van der Waals surface area contributed by atoms with Gasteiger partial charge in [-0.25, -0.2) is 13.8 Å². The summed E-state index contributed by atoms with van der Waals surface area (Å²) >= 11 is 5.76. The molecule has 1 aliphatic heterocycles. The van der Waals surface area contributed by atoms with E-state index in [4.69, 9.17) is 22.1 Å². The smallest absolute Gasteiger partial charge is 0.283 e. The molecular weight excluding hydrogens is 274 g/mol. The number of ether oxygens (including phenoxy) is 1. The Morgan fingerprint density at radius 3 is 2.79 bits per heavy atom. The van der Waals surface area contributed by atoms with Crippen molar-refractivity contribution >= 4 is 17.6 Å². The molecule has 0 amide bonds. The highest BCUT2D eigenvalue weighted by atomic mass is 35.5. The van der Waals surface area contributed by atoms with Crippen LogP contribution in [-0.4, -0.2) is 18.8 Å². The molecule has 0 bridgehead atoms. The molecule has 1 heterocycles. The molecule has 0 saturated carbocycles. The molecule has 0 aliphatic carbocycles. The van der Waals surface area contributed by atoms with Gasteiger partial charge < -0.3 is 10.5 Å². The summed E-state index contributed by atoms with van der Waals surface area (Å²) < 4.78 is 33.1. The maximum atomic E-state index is 14.2. The fourth-order valence-corrected chi connectivity index (χ4v) is 2.55. The number of rotatable bonds is 2. The predicted molar refractivity (Wildman–Crippen MR) is 70.4 cm³/mol. The van der Waals surface area contributed by atoms with Gasteiger partial charge in [0.05, 0.1) is 5.02 Å². The van der Waals surface area contributed by atoms with E-state index in [1.54, 1.807) is 19.9 Å². The van der Waals surface area contributed by atoms with E-state index >= 15 is 0 Å². The van der Waals surface area contributed by atoms with Crippen molar-refractivity contribution in [2.75, 3.05) is 6.67 Å². The molecule has 0 saturated heterocycles. The van der Waals surface area contributed by atoms with Crippen LogP contribution < -0.4 is 5.73 Å². The van der Waals surface area contributed by atoms with E-state index in [2.05, 4.69) is 4.99 Å². The zero-order chi connectivity index (χ0) is 14.2. The Labute approximate surface area is 115 Å². The Kier molecular flexibility index (Phi) is 3.67. The second-order valence-electron chi connectivity index (χ2n) is 4.72. The van der Waals surface area contributed by atoms with Gasteiger partial charge in [0, 0.05) is 11.5 Å². The van der Waals surface area contributed by atoms with Crippen LogP contribution in [0.5, 0.6) is 0 Å². The molecule has 2 N–H and O–H groups in total. The SMILES string of the molecule is C[C@@H]1OC(N)=N[C@@](CF)(c2cccc(Cl)c2F)[C@@H]1C. The molecule has 0 spiro atoms. The van der Waals surface area contributed by atoms with Gasteiger partial charge in [0.15, 0.2) is 0 Å². The van der Waals surface area contributed by atoms with Crippen molar-refractivity contribution in [3.05, 3.63) is 34.6 Å². The number of nitrogens with zero attached hydrogens (tertiary/aromatic N) is 1. The van der Waals surface area contributed by atoms with Crippen LogP contribution in [0.3, 0.4) is 0 Å². The Morgan fingerprint density at radius 1 is 1.47 bits per heavy atom. The molecule has 19 heavy (non-hydrogen) atoms. The fraction of sp³-hybridized carbons (Fsp3) is 0.462. The van der Waals surface area contributed by atoms with Crippen molar-refractivity contribution in [3.8, 4) is 0 Å². The van der Waals surface area contributed by atoms with Crippen LogP contribution in [-0.2, 0) is 10.3 Å². The third-order valence-corrected chi connectivity index (χ3v) is 3.99. The number of alkyl halides is 1. The maximum Gasteiger partial charge on any atom is 0.283 e. The number of nitrogens with two attached hydrogens (primary N) is 1. The first kappa shape index (κ1) is 14.1. The normalized spacial score (nSPS) is 30.7. The summed E-state index contributed by atoms with van der Waals surface area (Å²) in [6.45, 7) is 2.62. The number of aliphatic imine (C=N–C) groups is 1. The molecule has 104 valence electrons. The minimum Gasteiger partial charge on any atom is -0.462 e. The van der Waals surface area contributed by atoms with E-state index in [1.807, 2.05) is 0 Å². The van der Waals surface area contributed by atoms with Gasteiger partial charge >= 0.3 is 0 Å². The van der Waals surface area contributed by atoms with Gasteiger partial charge in [-0.2, -0.15) is 0 Å². The Bertz CT molecular complexity index is 523. The van der Waals surface area contributed by atoms with Crippen LogP contribution in [0.4, 0.5) is 8.78 Å². The van der Waals surface area contributed by atoms with E-state index in [-0.39, 0.29) is 28.6 Å². The van der Waals surface area contributed by atoms with E-state index in [9.17, 15) is 8.78 Å². The molecule has 3 nitrogen and oxygen atoms in total. The van der Waals surface area contributed by atoms with Crippen molar-refractivity contribution in [1.29, 1.82) is 0 Å². The van der Waals surface area contributed by atoms with Gasteiger partial charge in [-0.05, 0) is 13.0 Å². The number of halogens is 3. The van der Waals surface area contributed by atoms with Gasteiger partial charge in [0.25, 0.3) is 6.02 Å². The standard InChI is InChI=1S/C13H15ClF2N2O/c1-7-8(2)19-12(17)18-13(7,6-15)9-4-3-5-10(14)11(9)16/h3-5,7-8H,6H2,1-2H3,(H2,17,18)/t7-,8+,13-/m1/s1. The third kappa shape index (κ3) is 2.16. The van der Waals surface area contributed by atoms with E-state index in [0.29, 0.717) is 0 Å². The van der Waals surface area contributed by atoms with Crippen LogP contribution in [0.2, 0.25) is 5.02 Å². The molecule has 0 fully saturated rings.